The van der Waals surface area contributed by atoms with Crippen LogP contribution in [0.2, 0.25) is 5.02 Å². The quantitative estimate of drug-likeness (QED) is 0.483. The van der Waals surface area contributed by atoms with Crippen LogP contribution in [0.25, 0.3) is 22.0 Å². The highest BCUT2D eigenvalue weighted by Crippen LogP contribution is 2.39. The van der Waals surface area contributed by atoms with Gasteiger partial charge in [0.05, 0.1) is 17.6 Å². The van der Waals surface area contributed by atoms with E-state index >= 15 is 0 Å². The molecule has 0 bridgehead atoms. The Morgan fingerprint density at radius 3 is 2.44 bits per heavy atom. The van der Waals surface area contributed by atoms with Crippen molar-refractivity contribution in [3.05, 3.63) is 58.5 Å². The molecule has 3 aromatic rings. The average molecular weight is 384 g/mol. The van der Waals surface area contributed by atoms with Crippen LogP contribution in [0, 0.1) is 12.7 Å². The molecule has 27 heavy (non-hydrogen) atoms. The fraction of sp³-hybridized carbons (Fsp3) is 0.348. The molecule has 1 aliphatic rings. The zero-order chi connectivity index (χ0) is 19.0. The number of ether oxygens (including phenoxy) is 1. The first kappa shape index (κ1) is 18.2. The third-order valence-corrected chi connectivity index (χ3v) is 6.04. The van der Waals surface area contributed by atoms with Gasteiger partial charge in [0.1, 0.15) is 0 Å². The van der Waals surface area contributed by atoms with E-state index in [-0.39, 0.29) is 5.75 Å². The van der Waals surface area contributed by atoms with Gasteiger partial charge in [-0.1, -0.05) is 55.1 Å². The number of nitrogens with zero attached hydrogens (tertiary/aromatic N) is 1. The molecule has 1 fully saturated rings. The molecule has 1 aliphatic carbocycles. The Hall–Kier alpha value is -2.13. The number of hydrogen-bond acceptors (Lipinski definition) is 2. The Kier molecular flexibility index (Phi) is 5.05. The summed E-state index contributed by atoms with van der Waals surface area (Å²) in [4.78, 5) is 4.64. The predicted octanol–water partition coefficient (Wildman–Crippen LogP) is 7.06. The Labute approximate surface area is 164 Å². The maximum Gasteiger partial charge on any atom is 0.165 e. The van der Waals surface area contributed by atoms with Gasteiger partial charge in [0.15, 0.2) is 11.6 Å². The summed E-state index contributed by atoms with van der Waals surface area (Å²) < 4.78 is 19.2. The van der Waals surface area contributed by atoms with E-state index in [2.05, 4.69) is 29.2 Å². The summed E-state index contributed by atoms with van der Waals surface area (Å²) >= 11 is 6.69. The third kappa shape index (κ3) is 3.41. The normalized spacial score (nSPS) is 15.3. The number of fused-ring (bicyclic) bond motifs is 1. The molecule has 4 rings (SSSR count). The second-order valence-corrected chi connectivity index (χ2v) is 7.73. The van der Waals surface area contributed by atoms with Crippen LogP contribution in [0.15, 0.2) is 36.4 Å². The molecule has 1 heterocycles. The number of hydrogen-bond donors (Lipinski definition) is 0. The van der Waals surface area contributed by atoms with Crippen molar-refractivity contribution < 1.29 is 9.13 Å². The summed E-state index contributed by atoms with van der Waals surface area (Å²) in [6, 6.07) is 11.7. The van der Waals surface area contributed by atoms with E-state index < -0.39 is 5.82 Å². The zero-order valence-electron chi connectivity index (χ0n) is 15.7. The maximum atomic E-state index is 14.2. The van der Waals surface area contributed by atoms with Crippen molar-refractivity contribution in [1.82, 2.24) is 4.98 Å². The maximum absolute atomic E-state index is 14.2. The van der Waals surface area contributed by atoms with Crippen LogP contribution in [-0.4, -0.2) is 12.1 Å². The highest BCUT2D eigenvalue weighted by Gasteiger charge is 2.18. The molecule has 2 nitrogen and oxygen atoms in total. The van der Waals surface area contributed by atoms with Crippen molar-refractivity contribution in [3.63, 3.8) is 0 Å². The number of aromatic nitrogens is 1. The van der Waals surface area contributed by atoms with Gasteiger partial charge in [-0.25, -0.2) is 4.39 Å². The summed E-state index contributed by atoms with van der Waals surface area (Å²) in [5.41, 5.74) is 4.74. The number of aryl methyl sites for hydroxylation is 1. The molecule has 140 valence electrons. The van der Waals surface area contributed by atoms with Crippen molar-refractivity contribution in [2.45, 2.75) is 44.9 Å². The standard InChI is InChI=1S/C23H23ClFNO/c1-14-22(17-10-8-16(9-11-17)15-6-4-3-5-7-15)23(24)18-12-19(25)21(27-2)13-20(18)26-14/h8-13,15H,3-7H2,1-2H3. The lowest BCUT2D eigenvalue weighted by molar-refractivity contribution is 0.387. The lowest BCUT2D eigenvalue weighted by Crippen LogP contribution is -2.04. The lowest BCUT2D eigenvalue weighted by Gasteiger charge is -2.22. The Morgan fingerprint density at radius 2 is 1.78 bits per heavy atom. The van der Waals surface area contributed by atoms with Crippen LogP contribution < -0.4 is 4.74 Å². The van der Waals surface area contributed by atoms with Gasteiger partial charge in [0, 0.05) is 22.7 Å². The highest BCUT2D eigenvalue weighted by atomic mass is 35.5. The van der Waals surface area contributed by atoms with Crippen LogP contribution in [0.3, 0.4) is 0 Å². The molecule has 2 aromatic carbocycles. The van der Waals surface area contributed by atoms with Gasteiger partial charge in [0.2, 0.25) is 0 Å². The van der Waals surface area contributed by atoms with Gasteiger partial charge >= 0.3 is 0 Å². The van der Waals surface area contributed by atoms with Crippen molar-refractivity contribution >= 4 is 22.5 Å². The Balaban J connectivity index is 1.76. The molecular weight excluding hydrogens is 361 g/mol. The molecule has 0 spiro atoms. The first-order chi connectivity index (χ1) is 13.1. The van der Waals surface area contributed by atoms with E-state index in [1.165, 1.54) is 50.8 Å². The van der Waals surface area contributed by atoms with Crippen LogP contribution in [0.4, 0.5) is 4.39 Å². The van der Waals surface area contributed by atoms with E-state index in [1.54, 1.807) is 6.07 Å². The molecule has 0 atom stereocenters. The van der Waals surface area contributed by atoms with Crippen molar-refractivity contribution in [2.24, 2.45) is 0 Å². The van der Waals surface area contributed by atoms with Gasteiger partial charge in [-0.2, -0.15) is 0 Å². The predicted molar refractivity (Wildman–Crippen MR) is 109 cm³/mol. The fourth-order valence-corrected chi connectivity index (χ4v) is 4.59. The summed E-state index contributed by atoms with van der Waals surface area (Å²) in [5.74, 6) is 0.409. The second-order valence-electron chi connectivity index (χ2n) is 7.35. The summed E-state index contributed by atoms with van der Waals surface area (Å²) in [6.07, 6.45) is 6.55. The van der Waals surface area contributed by atoms with Crippen molar-refractivity contribution in [2.75, 3.05) is 7.11 Å². The molecule has 0 aliphatic heterocycles. The lowest BCUT2D eigenvalue weighted by atomic mass is 9.83. The molecule has 1 aromatic heterocycles. The van der Waals surface area contributed by atoms with Gasteiger partial charge in [-0.15, -0.1) is 0 Å². The number of methoxy groups -OCH3 is 1. The summed E-state index contributed by atoms with van der Waals surface area (Å²) in [7, 11) is 1.45. The molecule has 0 radical (unpaired) electrons. The van der Waals surface area contributed by atoms with E-state index in [0.29, 0.717) is 21.8 Å². The molecule has 0 unspecified atom stereocenters. The zero-order valence-corrected chi connectivity index (χ0v) is 16.4. The van der Waals surface area contributed by atoms with Gasteiger partial charge in [0.25, 0.3) is 0 Å². The molecule has 0 N–H and O–H groups in total. The molecular formula is C23H23ClFNO. The highest BCUT2D eigenvalue weighted by molar-refractivity contribution is 6.38. The van der Waals surface area contributed by atoms with Crippen LogP contribution in [0.5, 0.6) is 5.75 Å². The monoisotopic (exact) mass is 383 g/mol. The largest absolute Gasteiger partial charge is 0.494 e. The van der Waals surface area contributed by atoms with E-state index in [1.807, 2.05) is 6.92 Å². The number of pyridine rings is 1. The van der Waals surface area contributed by atoms with E-state index in [0.717, 1.165) is 16.8 Å². The van der Waals surface area contributed by atoms with Gasteiger partial charge in [-0.3, -0.25) is 4.98 Å². The van der Waals surface area contributed by atoms with Crippen LogP contribution >= 0.6 is 11.6 Å². The second kappa shape index (κ2) is 7.47. The average Bonchev–Trinajstić information content (AvgIpc) is 2.69. The van der Waals surface area contributed by atoms with E-state index in [4.69, 9.17) is 16.3 Å². The Morgan fingerprint density at radius 1 is 1.07 bits per heavy atom. The van der Waals surface area contributed by atoms with Crippen molar-refractivity contribution in [1.29, 1.82) is 0 Å². The summed E-state index contributed by atoms with van der Waals surface area (Å²) in [6.45, 7) is 1.94. The fourth-order valence-electron chi connectivity index (χ4n) is 4.19. The smallest absolute Gasteiger partial charge is 0.165 e. The summed E-state index contributed by atoms with van der Waals surface area (Å²) in [5, 5.41) is 1.14. The first-order valence-electron chi connectivity index (χ1n) is 9.52. The minimum atomic E-state index is -0.434. The molecule has 1 saturated carbocycles. The van der Waals surface area contributed by atoms with Crippen LogP contribution in [0.1, 0.15) is 49.3 Å². The third-order valence-electron chi connectivity index (χ3n) is 5.65. The topological polar surface area (TPSA) is 22.1 Å². The number of benzene rings is 2. The molecule has 0 saturated heterocycles. The SMILES string of the molecule is COc1cc2nc(C)c(-c3ccc(C4CCCCC4)cc3)c(Cl)c2cc1F. The number of rotatable bonds is 3. The molecule has 4 heteroatoms. The molecule has 0 amide bonds. The van der Waals surface area contributed by atoms with Gasteiger partial charge in [-0.05, 0) is 42.9 Å². The van der Waals surface area contributed by atoms with Crippen molar-refractivity contribution in [3.8, 4) is 16.9 Å². The Bertz CT molecular complexity index is 978. The van der Waals surface area contributed by atoms with Crippen LogP contribution in [-0.2, 0) is 0 Å². The van der Waals surface area contributed by atoms with Gasteiger partial charge < -0.3 is 4.74 Å². The number of halogens is 2. The van der Waals surface area contributed by atoms with E-state index in [9.17, 15) is 4.39 Å². The minimum absolute atomic E-state index is 0.176. The first-order valence-corrected chi connectivity index (χ1v) is 9.90. The minimum Gasteiger partial charge on any atom is -0.494 e.